The number of fused-ring (bicyclic) bond motifs is 1. The molecule has 1 aliphatic heterocycles. The summed E-state index contributed by atoms with van der Waals surface area (Å²) in [6, 6.07) is 4.32. The quantitative estimate of drug-likeness (QED) is 0.634. The molecule has 25 heavy (non-hydrogen) atoms. The van der Waals surface area contributed by atoms with Crippen LogP contribution in [0.1, 0.15) is 30.9 Å². The van der Waals surface area contributed by atoms with Crippen LogP contribution in [0, 0.1) is 19.8 Å². The first-order valence-corrected chi connectivity index (χ1v) is 8.87. The summed E-state index contributed by atoms with van der Waals surface area (Å²) in [6.07, 6.45) is 3.67. The van der Waals surface area contributed by atoms with Gasteiger partial charge in [0.05, 0.1) is 24.0 Å². The summed E-state index contributed by atoms with van der Waals surface area (Å²) < 4.78 is 7.00. The van der Waals surface area contributed by atoms with Crippen molar-refractivity contribution in [2.24, 2.45) is 5.92 Å². The Bertz CT molecular complexity index is 789. The molecule has 0 spiro atoms. The molecule has 2 heterocycles. The molecule has 1 saturated heterocycles. The number of carbonyl (C=O) groups is 2. The van der Waals surface area contributed by atoms with Crippen LogP contribution >= 0.6 is 0 Å². The van der Waals surface area contributed by atoms with E-state index in [1.54, 1.807) is 11.8 Å². The van der Waals surface area contributed by atoms with E-state index in [9.17, 15) is 9.59 Å². The van der Waals surface area contributed by atoms with Gasteiger partial charge in [0.1, 0.15) is 0 Å². The lowest BCUT2D eigenvalue weighted by Crippen LogP contribution is -2.43. The van der Waals surface area contributed by atoms with Gasteiger partial charge in [-0.25, -0.2) is 9.78 Å². The summed E-state index contributed by atoms with van der Waals surface area (Å²) in [7, 11) is 0. The lowest BCUT2D eigenvalue weighted by Gasteiger charge is -2.31. The molecular weight excluding hydrogens is 318 g/mol. The molecule has 0 atom stereocenters. The zero-order valence-electron chi connectivity index (χ0n) is 15.1. The minimum Gasteiger partial charge on any atom is -0.459 e. The monoisotopic (exact) mass is 343 g/mol. The van der Waals surface area contributed by atoms with Crippen molar-refractivity contribution in [1.29, 1.82) is 0 Å². The van der Waals surface area contributed by atoms with Gasteiger partial charge in [-0.1, -0.05) is 0 Å². The van der Waals surface area contributed by atoms with Crippen molar-refractivity contribution < 1.29 is 14.3 Å². The van der Waals surface area contributed by atoms with Gasteiger partial charge in [-0.15, -0.1) is 0 Å². The minimum atomic E-state index is -0.743. The molecule has 1 aliphatic rings. The molecule has 0 aliphatic carbocycles. The molecular formula is C19H25N3O3. The predicted octanol–water partition coefficient (Wildman–Crippen LogP) is 2.45. The van der Waals surface area contributed by atoms with E-state index in [0.29, 0.717) is 19.0 Å². The number of aryl methyl sites for hydroxylation is 2. The molecule has 0 radical (unpaired) electrons. The average Bonchev–Trinajstić information content (AvgIpc) is 2.97. The van der Waals surface area contributed by atoms with Crippen molar-refractivity contribution in [3.8, 4) is 0 Å². The Morgan fingerprint density at radius 2 is 1.88 bits per heavy atom. The number of hydrogen-bond donors (Lipinski definition) is 0. The van der Waals surface area contributed by atoms with Gasteiger partial charge in [-0.05, 0) is 62.8 Å². The van der Waals surface area contributed by atoms with Gasteiger partial charge in [0.15, 0.2) is 0 Å². The van der Waals surface area contributed by atoms with E-state index in [-0.39, 0.29) is 6.61 Å². The number of nitrogens with zero attached hydrogens (tertiary/aromatic N) is 3. The maximum Gasteiger partial charge on any atom is 0.397 e. The van der Waals surface area contributed by atoms with E-state index in [1.165, 1.54) is 11.1 Å². The molecule has 1 fully saturated rings. The van der Waals surface area contributed by atoms with Gasteiger partial charge in [0.2, 0.25) is 0 Å². The van der Waals surface area contributed by atoms with E-state index in [0.717, 1.165) is 30.4 Å². The number of benzene rings is 1. The molecule has 2 aromatic rings. The van der Waals surface area contributed by atoms with E-state index in [2.05, 4.69) is 35.5 Å². The number of piperidine rings is 1. The second-order valence-electron chi connectivity index (χ2n) is 6.78. The Hall–Kier alpha value is -2.37. The molecule has 6 heteroatoms. The Labute approximate surface area is 147 Å². The summed E-state index contributed by atoms with van der Waals surface area (Å²) in [4.78, 5) is 29.7. The van der Waals surface area contributed by atoms with Crippen molar-refractivity contribution in [3.63, 3.8) is 0 Å². The zero-order valence-corrected chi connectivity index (χ0v) is 15.1. The van der Waals surface area contributed by atoms with Crippen molar-refractivity contribution >= 4 is 22.9 Å². The first kappa shape index (κ1) is 17.5. The van der Waals surface area contributed by atoms with Crippen LogP contribution in [0.3, 0.4) is 0 Å². The van der Waals surface area contributed by atoms with Crippen molar-refractivity contribution in [2.75, 3.05) is 19.7 Å². The van der Waals surface area contributed by atoms with Gasteiger partial charge in [0, 0.05) is 19.6 Å². The van der Waals surface area contributed by atoms with Crippen molar-refractivity contribution in [1.82, 2.24) is 14.5 Å². The standard InChI is InChI=1S/C19H25N3O3/c1-4-25-19(24)18(23)21-7-5-15(6-8-21)11-22-12-20-16-9-13(2)14(3)10-17(16)22/h9-10,12,15H,4-8,11H2,1-3H3. The fourth-order valence-corrected chi connectivity index (χ4v) is 3.38. The van der Waals surface area contributed by atoms with Crippen molar-refractivity contribution in [3.05, 3.63) is 29.6 Å². The molecule has 3 rings (SSSR count). The first-order chi connectivity index (χ1) is 12.0. The lowest BCUT2D eigenvalue weighted by atomic mass is 9.96. The number of imidazole rings is 1. The van der Waals surface area contributed by atoms with Crippen LogP contribution in [0.5, 0.6) is 0 Å². The Balaban J connectivity index is 1.62. The number of aromatic nitrogens is 2. The van der Waals surface area contributed by atoms with Crippen LogP contribution in [-0.2, 0) is 20.9 Å². The van der Waals surface area contributed by atoms with E-state index >= 15 is 0 Å². The third-order valence-corrected chi connectivity index (χ3v) is 5.04. The number of hydrogen-bond acceptors (Lipinski definition) is 4. The van der Waals surface area contributed by atoms with Crippen LogP contribution in [0.2, 0.25) is 0 Å². The highest BCUT2D eigenvalue weighted by atomic mass is 16.5. The summed E-state index contributed by atoms with van der Waals surface area (Å²) in [5.74, 6) is -0.780. The summed E-state index contributed by atoms with van der Waals surface area (Å²) in [5.41, 5.74) is 4.71. The van der Waals surface area contributed by atoms with Gasteiger partial charge in [-0.3, -0.25) is 4.79 Å². The second-order valence-corrected chi connectivity index (χ2v) is 6.78. The van der Waals surface area contributed by atoms with Crippen LogP contribution < -0.4 is 0 Å². The van der Waals surface area contributed by atoms with Gasteiger partial charge >= 0.3 is 11.9 Å². The number of amides is 1. The normalized spacial score (nSPS) is 15.6. The van der Waals surface area contributed by atoms with E-state index < -0.39 is 11.9 Å². The first-order valence-electron chi connectivity index (χ1n) is 8.87. The van der Waals surface area contributed by atoms with Crippen LogP contribution in [0.15, 0.2) is 18.5 Å². The third kappa shape index (κ3) is 3.67. The predicted molar refractivity (Wildman–Crippen MR) is 95.1 cm³/mol. The SMILES string of the molecule is CCOC(=O)C(=O)N1CCC(Cn2cnc3cc(C)c(C)cc32)CC1. The number of ether oxygens (including phenoxy) is 1. The average molecular weight is 343 g/mol. The number of likely N-dealkylation sites (tertiary alicyclic amines) is 1. The highest BCUT2D eigenvalue weighted by Crippen LogP contribution is 2.23. The maximum atomic E-state index is 12.0. The van der Waals surface area contributed by atoms with Crippen LogP contribution in [0.25, 0.3) is 11.0 Å². The molecule has 1 aromatic carbocycles. The van der Waals surface area contributed by atoms with Crippen LogP contribution in [0.4, 0.5) is 0 Å². The highest BCUT2D eigenvalue weighted by molar-refractivity contribution is 6.32. The molecule has 0 saturated carbocycles. The fourth-order valence-electron chi connectivity index (χ4n) is 3.38. The summed E-state index contributed by atoms with van der Waals surface area (Å²) in [5, 5.41) is 0. The van der Waals surface area contributed by atoms with Gasteiger partial charge in [0.25, 0.3) is 0 Å². The Morgan fingerprint density at radius 3 is 2.56 bits per heavy atom. The summed E-state index contributed by atoms with van der Waals surface area (Å²) >= 11 is 0. The number of esters is 1. The molecule has 1 amide bonds. The lowest BCUT2D eigenvalue weighted by molar-refractivity contribution is -0.160. The maximum absolute atomic E-state index is 12.0. The third-order valence-electron chi connectivity index (χ3n) is 5.04. The fraction of sp³-hybridized carbons (Fsp3) is 0.526. The molecule has 0 bridgehead atoms. The molecule has 0 N–H and O–H groups in total. The minimum absolute atomic E-state index is 0.230. The van der Waals surface area contributed by atoms with Crippen LogP contribution in [-0.4, -0.2) is 46.0 Å². The van der Waals surface area contributed by atoms with Gasteiger partial charge < -0.3 is 14.2 Å². The summed E-state index contributed by atoms with van der Waals surface area (Å²) in [6.45, 7) is 8.25. The van der Waals surface area contributed by atoms with E-state index in [1.807, 2.05) is 6.33 Å². The van der Waals surface area contributed by atoms with E-state index in [4.69, 9.17) is 4.74 Å². The highest BCUT2D eigenvalue weighted by Gasteiger charge is 2.28. The Kier molecular flexibility index (Phi) is 5.06. The number of rotatable bonds is 3. The topological polar surface area (TPSA) is 64.4 Å². The largest absolute Gasteiger partial charge is 0.459 e. The molecule has 6 nitrogen and oxygen atoms in total. The smallest absolute Gasteiger partial charge is 0.397 e. The molecule has 0 unspecified atom stereocenters. The molecule has 1 aromatic heterocycles. The molecule has 134 valence electrons. The Morgan fingerprint density at radius 1 is 1.20 bits per heavy atom. The van der Waals surface area contributed by atoms with Crippen molar-refractivity contribution in [2.45, 2.75) is 40.2 Å². The second kappa shape index (κ2) is 7.25. The van der Waals surface area contributed by atoms with Gasteiger partial charge in [-0.2, -0.15) is 0 Å². The number of carbonyl (C=O) groups excluding carboxylic acids is 2. The zero-order chi connectivity index (χ0) is 18.0.